The van der Waals surface area contributed by atoms with E-state index in [1.807, 2.05) is 0 Å². The lowest BCUT2D eigenvalue weighted by Gasteiger charge is -2.31. The van der Waals surface area contributed by atoms with Gasteiger partial charge in [0, 0.05) is 27.4 Å². The summed E-state index contributed by atoms with van der Waals surface area (Å²) in [5.41, 5.74) is 0.246. The zero-order chi connectivity index (χ0) is 25.2. The van der Waals surface area contributed by atoms with Crippen LogP contribution in [0.4, 0.5) is 5.69 Å². The quantitative estimate of drug-likeness (QED) is 0.192. The molecule has 1 saturated heterocycles. The number of nitro groups is 1. The maximum absolute atomic E-state index is 13.7. The highest BCUT2D eigenvalue weighted by molar-refractivity contribution is 9.12. The maximum Gasteiger partial charge on any atom is 0.273 e. The van der Waals surface area contributed by atoms with Gasteiger partial charge in [-0.05, 0) is 42.0 Å². The van der Waals surface area contributed by atoms with Crippen molar-refractivity contribution in [1.29, 1.82) is 0 Å². The van der Waals surface area contributed by atoms with Crippen molar-refractivity contribution in [1.82, 2.24) is 10.0 Å². The number of nitro benzene ring substituents is 1. The number of fused-ring (bicyclic) bond motifs is 5. The SMILES string of the molecule is O=C(c1cccc([N+](=O)[O-])c1)N(Cc1ccc(Cl)c(Cl)c1)N1C(=O)[C@@H]2[C@H]3C[C@@H]([C@H](Br)[C@H]3Br)[C@@H]2C1=O. The Morgan fingerprint density at radius 1 is 1.03 bits per heavy atom. The van der Waals surface area contributed by atoms with E-state index in [0.29, 0.717) is 10.6 Å². The normalized spacial score (nSPS) is 29.0. The first-order chi connectivity index (χ1) is 16.6. The van der Waals surface area contributed by atoms with Crippen molar-refractivity contribution in [3.63, 3.8) is 0 Å². The van der Waals surface area contributed by atoms with Gasteiger partial charge in [-0.2, -0.15) is 5.01 Å². The highest BCUT2D eigenvalue weighted by Gasteiger charge is 2.67. The van der Waals surface area contributed by atoms with Gasteiger partial charge >= 0.3 is 0 Å². The van der Waals surface area contributed by atoms with Crippen molar-refractivity contribution in [2.24, 2.45) is 23.7 Å². The Kier molecular flexibility index (Phi) is 6.44. The molecule has 182 valence electrons. The van der Waals surface area contributed by atoms with Crippen LogP contribution in [0.25, 0.3) is 0 Å². The minimum atomic E-state index is -0.709. The number of non-ortho nitro benzene ring substituents is 1. The number of hydrogen-bond acceptors (Lipinski definition) is 5. The van der Waals surface area contributed by atoms with Crippen molar-refractivity contribution in [2.45, 2.75) is 22.6 Å². The summed E-state index contributed by atoms with van der Waals surface area (Å²) in [6.45, 7) is -0.153. The zero-order valence-electron chi connectivity index (χ0n) is 17.8. The van der Waals surface area contributed by atoms with Gasteiger partial charge in [-0.3, -0.25) is 24.5 Å². The number of hydrogen-bond donors (Lipinski definition) is 0. The van der Waals surface area contributed by atoms with Crippen molar-refractivity contribution < 1.29 is 19.3 Å². The Bertz CT molecular complexity index is 1250. The number of rotatable bonds is 5. The van der Waals surface area contributed by atoms with Crippen molar-refractivity contribution in [3.05, 3.63) is 73.8 Å². The number of benzene rings is 2. The van der Waals surface area contributed by atoms with Gasteiger partial charge < -0.3 is 0 Å². The molecule has 2 aliphatic carbocycles. The van der Waals surface area contributed by atoms with Crippen molar-refractivity contribution >= 4 is 78.5 Å². The monoisotopic (exact) mass is 643 g/mol. The second kappa shape index (κ2) is 9.14. The van der Waals surface area contributed by atoms with E-state index in [1.165, 1.54) is 18.2 Å². The predicted octanol–water partition coefficient (Wildman–Crippen LogP) is 5.24. The third-order valence-electron chi connectivity index (χ3n) is 7.06. The highest BCUT2D eigenvalue weighted by Crippen LogP contribution is 2.60. The molecule has 3 amide bonds. The van der Waals surface area contributed by atoms with E-state index in [9.17, 15) is 24.5 Å². The largest absolute Gasteiger partial charge is 0.273 e. The second-order valence-electron chi connectivity index (χ2n) is 8.91. The Labute approximate surface area is 226 Å². The van der Waals surface area contributed by atoms with Gasteiger partial charge in [-0.1, -0.05) is 67.2 Å². The molecule has 2 bridgehead atoms. The van der Waals surface area contributed by atoms with E-state index in [-0.39, 0.29) is 44.3 Å². The molecule has 0 spiro atoms. The standard InChI is InChI=1S/C23H17Br2Cl2N3O5/c24-19-13-8-14(20(19)25)18-17(13)22(32)29(23(18)33)28(9-10-4-5-15(26)16(27)6-10)21(31)11-2-1-3-12(7-11)30(34)35/h1-7,13-14,17-20H,8-9H2/t13-,14-,17-,18+,19+,20+/m1/s1. The number of carbonyl (C=O) groups is 3. The van der Waals surface area contributed by atoms with Crippen LogP contribution < -0.4 is 0 Å². The van der Waals surface area contributed by atoms with Crippen LogP contribution in [0, 0.1) is 33.8 Å². The van der Waals surface area contributed by atoms with Crippen LogP contribution in [0.2, 0.25) is 10.0 Å². The minimum absolute atomic E-state index is 0.0170. The molecule has 5 rings (SSSR count). The summed E-state index contributed by atoms with van der Waals surface area (Å²) in [6.07, 6.45) is 0.748. The molecule has 2 aromatic rings. The van der Waals surface area contributed by atoms with E-state index in [1.54, 1.807) is 18.2 Å². The van der Waals surface area contributed by atoms with E-state index >= 15 is 0 Å². The number of amides is 3. The Hall–Kier alpha value is -2.01. The van der Waals surface area contributed by atoms with Gasteiger partial charge in [0.15, 0.2) is 0 Å². The average Bonchev–Trinajstić information content (AvgIpc) is 3.44. The Balaban J connectivity index is 1.55. The number of carbonyl (C=O) groups excluding carboxylic acids is 3. The number of imide groups is 1. The van der Waals surface area contributed by atoms with E-state index in [0.717, 1.165) is 22.5 Å². The molecule has 35 heavy (non-hydrogen) atoms. The van der Waals surface area contributed by atoms with Gasteiger partial charge in [-0.25, -0.2) is 5.01 Å². The van der Waals surface area contributed by atoms with Crippen LogP contribution in [0.3, 0.4) is 0 Å². The summed E-state index contributed by atoms with van der Waals surface area (Å²) in [5, 5.41) is 13.8. The third kappa shape index (κ3) is 3.98. The fourth-order valence-corrected chi connectivity index (χ4v) is 7.71. The van der Waals surface area contributed by atoms with Gasteiger partial charge in [0.2, 0.25) is 0 Å². The smallest absolute Gasteiger partial charge is 0.272 e. The van der Waals surface area contributed by atoms with Crippen molar-refractivity contribution in [3.8, 4) is 0 Å². The molecule has 6 atom stereocenters. The molecule has 2 saturated carbocycles. The topological polar surface area (TPSA) is 101 Å². The average molecular weight is 646 g/mol. The molecule has 0 unspecified atom stereocenters. The van der Waals surface area contributed by atoms with E-state index in [4.69, 9.17) is 23.2 Å². The molecule has 0 N–H and O–H groups in total. The molecule has 12 heteroatoms. The summed E-state index contributed by atoms with van der Waals surface area (Å²) in [7, 11) is 0. The lowest BCUT2D eigenvalue weighted by Crippen LogP contribution is -2.50. The fourth-order valence-electron chi connectivity index (χ4n) is 5.52. The predicted molar refractivity (Wildman–Crippen MR) is 135 cm³/mol. The van der Waals surface area contributed by atoms with Gasteiger partial charge in [0.05, 0.1) is 33.3 Å². The number of hydrazine groups is 1. The zero-order valence-corrected chi connectivity index (χ0v) is 22.5. The summed E-state index contributed by atoms with van der Waals surface area (Å²) in [6, 6.07) is 9.94. The molecule has 1 heterocycles. The number of nitrogens with zero attached hydrogens (tertiary/aromatic N) is 3. The first-order valence-corrected chi connectivity index (χ1v) is 13.3. The molecule has 3 aliphatic rings. The van der Waals surface area contributed by atoms with Crippen LogP contribution in [-0.2, 0) is 16.1 Å². The third-order valence-corrected chi connectivity index (χ3v) is 11.0. The van der Waals surface area contributed by atoms with Crippen LogP contribution in [0.5, 0.6) is 0 Å². The first kappa shape index (κ1) is 24.7. The minimum Gasteiger partial charge on any atom is -0.272 e. The summed E-state index contributed by atoms with van der Waals surface area (Å²) in [4.78, 5) is 51.6. The van der Waals surface area contributed by atoms with Crippen molar-refractivity contribution in [2.75, 3.05) is 0 Å². The van der Waals surface area contributed by atoms with Crippen LogP contribution >= 0.6 is 55.1 Å². The Morgan fingerprint density at radius 2 is 1.66 bits per heavy atom. The number of alkyl halides is 2. The van der Waals surface area contributed by atoms with Crippen LogP contribution in [0.15, 0.2) is 42.5 Å². The molecule has 2 aromatic carbocycles. The van der Waals surface area contributed by atoms with Crippen LogP contribution in [0.1, 0.15) is 22.3 Å². The maximum atomic E-state index is 13.7. The van der Waals surface area contributed by atoms with E-state index in [2.05, 4.69) is 31.9 Å². The Morgan fingerprint density at radius 3 is 2.23 bits per heavy atom. The first-order valence-electron chi connectivity index (χ1n) is 10.8. The molecular formula is C23H17Br2Cl2N3O5. The molecular weight excluding hydrogens is 629 g/mol. The van der Waals surface area contributed by atoms with Crippen LogP contribution in [-0.4, -0.2) is 42.3 Å². The summed E-state index contributed by atoms with van der Waals surface area (Å²) < 4.78 is 0. The molecule has 0 radical (unpaired) electrons. The van der Waals surface area contributed by atoms with Gasteiger partial charge in [-0.15, -0.1) is 0 Å². The lowest BCUT2D eigenvalue weighted by atomic mass is 9.81. The second-order valence-corrected chi connectivity index (χ2v) is 11.8. The molecule has 1 aliphatic heterocycles. The summed E-state index contributed by atoms with van der Waals surface area (Å²) >= 11 is 19.5. The number of halogens is 4. The highest BCUT2D eigenvalue weighted by atomic mass is 79.9. The lowest BCUT2D eigenvalue weighted by molar-refractivity contribution is -0.384. The van der Waals surface area contributed by atoms with Gasteiger partial charge in [0.1, 0.15) is 0 Å². The fraction of sp³-hybridized carbons (Fsp3) is 0.348. The summed E-state index contributed by atoms with van der Waals surface area (Å²) in [5.74, 6) is -2.70. The molecule has 0 aromatic heterocycles. The molecule has 8 nitrogen and oxygen atoms in total. The van der Waals surface area contributed by atoms with E-state index < -0.39 is 34.5 Å². The van der Waals surface area contributed by atoms with Gasteiger partial charge in [0.25, 0.3) is 23.4 Å². The molecule has 3 fully saturated rings.